The minimum absolute atomic E-state index is 0.389. The van der Waals surface area contributed by atoms with Crippen molar-refractivity contribution in [2.24, 2.45) is 7.05 Å². The van der Waals surface area contributed by atoms with Gasteiger partial charge in [-0.15, -0.1) is 5.10 Å². The fourth-order valence-corrected chi connectivity index (χ4v) is 3.66. The van der Waals surface area contributed by atoms with Crippen LogP contribution in [0.25, 0.3) is 0 Å². The third-order valence-electron chi connectivity index (χ3n) is 3.81. The maximum absolute atomic E-state index is 6.15. The highest BCUT2D eigenvalue weighted by Crippen LogP contribution is 2.26. The Morgan fingerprint density at radius 2 is 1.96 bits per heavy atom. The summed E-state index contributed by atoms with van der Waals surface area (Å²) in [5.41, 5.74) is 1.93. The summed E-state index contributed by atoms with van der Waals surface area (Å²) in [6.07, 6.45) is 0. The first-order valence-corrected chi connectivity index (χ1v) is 10.6. The van der Waals surface area contributed by atoms with E-state index in [1.807, 2.05) is 31.3 Å². The van der Waals surface area contributed by atoms with E-state index in [1.54, 1.807) is 28.6 Å². The number of tetrazole rings is 1. The summed E-state index contributed by atoms with van der Waals surface area (Å²) in [5.74, 6) is 1.61. The van der Waals surface area contributed by atoms with Gasteiger partial charge in [0.1, 0.15) is 12.4 Å². The van der Waals surface area contributed by atoms with Crippen LogP contribution >= 0.6 is 46.6 Å². The van der Waals surface area contributed by atoms with Gasteiger partial charge in [-0.25, -0.2) is 4.68 Å². The molecule has 0 atom stereocenters. The van der Waals surface area contributed by atoms with Crippen LogP contribution in [0.1, 0.15) is 11.1 Å². The Hall–Kier alpha value is -1.51. The van der Waals surface area contributed by atoms with Gasteiger partial charge in [-0.2, -0.15) is 0 Å². The molecule has 0 saturated heterocycles. The van der Waals surface area contributed by atoms with Gasteiger partial charge in [-0.3, -0.25) is 0 Å². The second kappa shape index (κ2) is 10.3. The second-order valence-corrected chi connectivity index (χ2v) is 8.21. The molecule has 0 unspecified atom stereocenters. The Labute approximate surface area is 182 Å². The third kappa shape index (κ3) is 5.99. The molecule has 0 fully saturated rings. The average Bonchev–Trinajstić information content (AvgIpc) is 3.08. The minimum atomic E-state index is 0.389. The van der Waals surface area contributed by atoms with Crippen LogP contribution in [0.15, 0.2) is 41.6 Å². The summed E-state index contributed by atoms with van der Waals surface area (Å²) in [6, 6.07) is 11.0. The number of hydrogen-bond acceptors (Lipinski definition) is 6. The van der Waals surface area contributed by atoms with Crippen molar-refractivity contribution in [1.82, 2.24) is 25.5 Å². The Bertz CT molecular complexity index is 937. The fourth-order valence-electron chi connectivity index (χ4n) is 2.40. The Kier molecular flexibility index (Phi) is 7.82. The average molecular weight is 459 g/mol. The summed E-state index contributed by atoms with van der Waals surface area (Å²) in [6.45, 7) is 1.81. The van der Waals surface area contributed by atoms with Crippen LogP contribution in [0.5, 0.6) is 5.75 Å². The fraction of sp³-hybridized carbons (Fsp3) is 0.278. The van der Waals surface area contributed by atoms with Crippen LogP contribution in [-0.2, 0) is 20.2 Å². The number of nitrogens with one attached hydrogen (secondary N) is 1. The molecule has 1 heterocycles. The largest absolute Gasteiger partial charge is 0.489 e. The van der Waals surface area contributed by atoms with E-state index in [2.05, 4.69) is 20.8 Å². The predicted molar refractivity (Wildman–Crippen MR) is 113 cm³/mol. The number of nitrogens with zero attached hydrogens (tertiary/aromatic N) is 4. The van der Waals surface area contributed by atoms with Crippen LogP contribution in [0.2, 0.25) is 15.1 Å². The lowest BCUT2D eigenvalue weighted by molar-refractivity contribution is 0.302. The predicted octanol–water partition coefficient (Wildman–Crippen LogP) is 4.63. The molecule has 148 valence electrons. The van der Waals surface area contributed by atoms with Gasteiger partial charge in [0.05, 0.1) is 10.0 Å². The van der Waals surface area contributed by atoms with Crippen molar-refractivity contribution >= 4 is 46.6 Å². The summed E-state index contributed by atoms with van der Waals surface area (Å²) in [7, 11) is 1.82. The molecule has 0 radical (unpaired) electrons. The zero-order valence-electron chi connectivity index (χ0n) is 15.0. The number of thioether (sulfide) groups is 1. The molecule has 0 saturated carbocycles. The minimum Gasteiger partial charge on any atom is -0.489 e. The van der Waals surface area contributed by atoms with E-state index in [0.717, 1.165) is 34.3 Å². The highest BCUT2D eigenvalue weighted by molar-refractivity contribution is 7.99. The lowest BCUT2D eigenvalue weighted by atomic mass is 10.2. The van der Waals surface area contributed by atoms with Crippen molar-refractivity contribution in [3.63, 3.8) is 0 Å². The Morgan fingerprint density at radius 1 is 1.11 bits per heavy atom. The van der Waals surface area contributed by atoms with Crippen molar-refractivity contribution in [3.05, 3.63) is 62.6 Å². The van der Waals surface area contributed by atoms with Crippen molar-refractivity contribution < 1.29 is 4.74 Å². The highest BCUT2D eigenvalue weighted by atomic mass is 35.5. The van der Waals surface area contributed by atoms with E-state index in [9.17, 15) is 0 Å². The van der Waals surface area contributed by atoms with Crippen LogP contribution in [-0.4, -0.2) is 32.5 Å². The molecular weight excluding hydrogens is 441 g/mol. The van der Waals surface area contributed by atoms with Crippen molar-refractivity contribution in [2.75, 3.05) is 12.3 Å². The molecule has 3 rings (SSSR count). The zero-order chi connectivity index (χ0) is 19.9. The summed E-state index contributed by atoms with van der Waals surface area (Å²) >= 11 is 19.8. The van der Waals surface area contributed by atoms with Gasteiger partial charge >= 0.3 is 0 Å². The maximum Gasteiger partial charge on any atom is 0.209 e. The van der Waals surface area contributed by atoms with E-state index in [0.29, 0.717) is 28.2 Å². The van der Waals surface area contributed by atoms with Crippen LogP contribution in [0, 0.1) is 0 Å². The molecule has 10 heteroatoms. The zero-order valence-corrected chi connectivity index (χ0v) is 18.1. The number of aryl methyl sites for hydroxylation is 1. The van der Waals surface area contributed by atoms with E-state index in [4.69, 9.17) is 39.5 Å². The SMILES string of the molecule is Cn1nnnc1SCCNCc1cc(Cl)ccc1OCc1ccc(Cl)c(Cl)c1. The standard InChI is InChI=1S/C18H18Cl3N5OS/c1-26-18(23-24-25-26)28-7-6-22-10-13-9-14(19)3-5-17(13)27-11-12-2-4-15(20)16(21)8-12/h2-5,8-9,22H,6-7,10-11H2,1H3. The maximum atomic E-state index is 6.15. The van der Waals surface area contributed by atoms with Gasteiger partial charge in [0.15, 0.2) is 0 Å². The molecule has 3 aromatic rings. The summed E-state index contributed by atoms with van der Waals surface area (Å²) in [4.78, 5) is 0. The first-order chi connectivity index (χ1) is 13.5. The topological polar surface area (TPSA) is 64.9 Å². The molecule has 0 spiro atoms. The van der Waals surface area contributed by atoms with E-state index in [-0.39, 0.29) is 0 Å². The van der Waals surface area contributed by atoms with Crippen molar-refractivity contribution in [2.45, 2.75) is 18.3 Å². The monoisotopic (exact) mass is 457 g/mol. The molecule has 0 aliphatic rings. The van der Waals surface area contributed by atoms with E-state index >= 15 is 0 Å². The first-order valence-electron chi connectivity index (χ1n) is 8.44. The van der Waals surface area contributed by atoms with Crippen LogP contribution in [0.4, 0.5) is 0 Å². The number of rotatable bonds is 9. The number of hydrogen-bond donors (Lipinski definition) is 1. The summed E-state index contributed by atoms with van der Waals surface area (Å²) < 4.78 is 7.62. The lowest BCUT2D eigenvalue weighted by Gasteiger charge is -2.13. The number of benzene rings is 2. The Morgan fingerprint density at radius 3 is 2.71 bits per heavy atom. The molecule has 6 nitrogen and oxygen atoms in total. The van der Waals surface area contributed by atoms with Gasteiger partial charge in [-0.1, -0.05) is 52.6 Å². The molecule has 28 heavy (non-hydrogen) atoms. The molecule has 0 amide bonds. The first kappa shape index (κ1) is 21.2. The van der Waals surface area contributed by atoms with Gasteiger partial charge in [0, 0.05) is 36.5 Å². The van der Waals surface area contributed by atoms with E-state index in [1.165, 1.54) is 0 Å². The molecular formula is C18H18Cl3N5OS. The van der Waals surface area contributed by atoms with Gasteiger partial charge in [-0.05, 0) is 46.3 Å². The van der Waals surface area contributed by atoms with Gasteiger partial charge < -0.3 is 10.1 Å². The quantitative estimate of drug-likeness (QED) is 0.372. The molecule has 1 N–H and O–H groups in total. The smallest absolute Gasteiger partial charge is 0.209 e. The van der Waals surface area contributed by atoms with Crippen molar-refractivity contribution in [1.29, 1.82) is 0 Å². The molecule has 2 aromatic carbocycles. The molecule has 0 aliphatic carbocycles. The summed E-state index contributed by atoms with van der Waals surface area (Å²) in [5, 5.41) is 17.2. The molecule has 1 aromatic heterocycles. The number of aromatic nitrogens is 4. The highest BCUT2D eigenvalue weighted by Gasteiger charge is 2.07. The van der Waals surface area contributed by atoms with Crippen LogP contribution in [0.3, 0.4) is 0 Å². The number of halogens is 3. The second-order valence-electron chi connectivity index (χ2n) is 5.90. The molecule has 0 bridgehead atoms. The normalized spacial score (nSPS) is 11.0. The van der Waals surface area contributed by atoms with Gasteiger partial charge in [0.25, 0.3) is 0 Å². The lowest BCUT2D eigenvalue weighted by Crippen LogP contribution is -2.17. The van der Waals surface area contributed by atoms with Crippen LogP contribution < -0.4 is 10.1 Å². The van der Waals surface area contributed by atoms with E-state index < -0.39 is 0 Å². The third-order valence-corrected chi connectivity index (χ3v) is 5.79. The van der Waals surface area contributed by atoms with Crippen molar-refractivity contribution in [3.8, 4) is 5.75 Å². The Balaban J connectivity index is 1.53. The molecule has 0 aliphatic heterocycles. The number of ether oxygens (including phenoxy) is 1. The van der Waals surface area contributed by atoms with Gasteiger partial charge in [0.2, 0.25) is 5.16 Å².